The predicted octanol–water partition coefficient (Wildman–Crippen LogP) is 4.15. The molecular weight excluding hydrogens is 342 g/mol. The van der Waals surface area contributed by atoms with Crippen LogP contribution in [-0.4, -0.2) is 14.5 Å². The molecule has 0 saturated carbocycles. The Morgan fingerprint density at radius 3 is 2.74 bits per heavy atom. The third-order valence-electron chi connectivity index (χ3n) is 4.53. The molecule has 0 aliphatic rings. The number of furan rings is 1. The summed E-state index contributed by atoms with van der Waals surface area (Å²) in [6, 6.07) is 15.4. The molecule has 0 N–H and O–H groups in total. The van der Waals surface area contributed by atoms with Crippen molar-refractivity contribution < 1.29 is 8.83 Å². The Labute approximate surface area is 153 Å². The van der Waals surface area contributed by atoms with E-state index in [-0.39, 0.29) is 17.7 Å². The lowest BCUT2D eigenvalue weighted by molar-refractivity contribution is 0.570. The molecule has 0 fully saturated rings. The van der Waals surface area contributed by atoms with Crippen molar-refractivity contribution in [2.45, 2.75) is 13.5 Å². The number of benzene rings is 2. The van der Waals surface area contributed by atoms with Crippen LogP contribution < -0.4 is 5.56 Å². The van der Waals surface area contributed by atoms with Gasteiger partial charge in [-0.25, -0.2) is 9.97 Å². The van der Waals surface area contributed by atoms with Crippen molar-refractivity contribution >= 4 is 22.1 Å². The largest absolute Gasteiger partial charge is 0.448 e. The van der Waals surface area contributed by atoms with Crippen molar-refractivity contribution in [3.05, 3.63) is 82.7 Å². The maximum atomic E-state index is 12.8. The Bertz CT molecular complexity index is 1330. The quantitative estimate of drug-likeness (QED) is 0.485. The molecule has 0 aliphatic heterocycles. The zero-order valence-corrected chi connectivity index (χ0v) is 14.5. The first-order valence-corrected chi connectivity index (χ1v) is 8.57. The number of nitrogens with zero attached hydrogens (tertiary/aromatic N) is 3. The Morgan fingerprint density at radius 2 is 1.89 bits per heavy atom. The van der Waals surface area contributed by atoms with Crippen LogP contribution in [0.3, 0.4) is 0 Å². The van der Waals surface area contributed by atoms with Crippen LogP contribution >= 0.6 is 0 Å². The molecule has 0 unspecified atom stereocenters. The van der Waals surface area contributed by atoms with Gasteiger partial charge in [-0.15, -0.1) is 0 Å². The fourth-order valence-corrected chi connectivity index (χ4v) is 3.11. The van der Waals surface area contributed by atoms with Crippen LogP contribution in [-0.2, 0) is 6.54 Å². The molecule has 132 valence electrons. The topological polar surface area (TPSA) is 74.1 Å². The molecule has 3 aromatic heterocycles. The molecule has 0 amide bonds. The lowest BCUT2D eigenvalue weighted by Gasteiger charge is -2.01. The van der Waals surface area contributed by atoms with Crippen molar-refractivity contribution in [1.82, 2.24) is 14.5 Å². The summed E-state index contributed by atoms with van der Waals surface area (Å²) < 4.78 is 12.7. The maximum Gasteiger partial charge on any atom is 0.297 e. The molecule has 0 spiro atoms. The molecule has 5 aromatic rings. The standard InChI is InChI=1S/C21H15N3O3/c1-13-6-8-14(9-7-13)20-23-15(11-26-20)10-24-12-22-18-16-4-2-3-5-17(16)27-19(18)21(24)25/h2-9,11-12H,10H2,1H3. The maximum absolute atomic E-state index is 12.8. The smallest absolute Gasteiger partial charge is 0.297 e. The molecule has 6 heteroatoms. The summed E-state index contributed by atoms with van der Waals surface area (Å²) in [7, 11) is 0. The second-order valence-electron chi connectivity index (χ2n) is 6.46. The van der Waals surface area contributed by atoms with Crippen LogP contribution in [0.25, 0.3) is 33.5 Å². The van der Waals surface area contributed by atoms with E-state index in [4.69, 9.17) is 8.83 Å². The van der Waals surface area contributed by atoms with Crippen molar-refractivity contribution in [3.63, 3.8) is 0 Å². The summed E-state index contributed by atoms with van der Waals surface area (Å²) in [5.41, 5.74) is 3.94. The molecule has 6 nitrogen and oxygen atoms in total. The number of fused-ring (bicyclic) bond motifs is 3. The lowest BCUT2D eigenvalue weighted by atomic mass is 10.1. The predicted molar refractivity (Wildman–Crippen MR) is 102 cm³/mol. The summed E-state index contributed by atoms with van der Waals surface area (Å²) >= 11 is 0. The van der Waals surface area contributed by atoms with Crippen LogP contribution in [0, 0.1) is 6.92 Å². The molecule has 27 heavy (non-hydrogen) atoms. The number of oxazole rings is 1. The van der Waals surface area contributed by atoms with Crippen molar-refractivity contribution in [1.29, 1.82) is 0 Å². The third kappa shape index (κ3) is 2.62. The summed E-state index contributed by atoms with van der Waals surface area (Å²) in [6.07, 6.45) is 3.08. The monoisotopic (exact) mass is 357 g/mol. The summed E-state index contributed by atoms with van der Waals surface area (Å²) in [6.45, 7) is 2.28. The zero-order chi connectivity index (χ0) is 18.4. The molecule has 0 bridgehead atoms. The molecule has 5 rings (SSSR count). The summed E-state index contributed by atoms with van der Waals surface area (Å²) in [5.74, 6) is 0.524. The van der Waals surface area contributed by atoms with Gasteiger partial charge in [0.25, 0.3) is 5.56 Å². The highest BCUT2D eigenvalue weighted by Crippen LogP contribution is 2.24. The van der Waals surface area contributed by atoms with E-state index in [2.05, 4.69) is 9.97 Å². The Kier molecular flexibility index (Phi) is 3.43. The fraction of sp³-hybridized carbons (Fsp3) is 0.0952. The van der Waals surface area contributed by atoms with Crippen LogP contribution in [0.15, 0.2) is 74.8 Å². The third-order valence-corrected chi connectivity index (χ3v) is 4.53. The minimum atomic E-state index is -0.240. The van der Waals surface area contributed by atoms with Gasteiger partial charge in [0.1, 0.15) is 17.4 Å². The first-order chi connectivity index (χ1) is 13.2. The minimum Gasteiger partial charge on any atom is -0.448 e. The normalized spacial score (nSPS) is 11.4. The highest BCUT2D eigenvalue weighted by atomic mass is 16.3. The van der Waals surface area contributed by atoms with E-state index in [1.54, 1.807) is 6.26 Å². The first kappa shape index (κ1) is 15.6. The van der Waals surface area contributed by atoms with Gasteiger partial charge in [0.15, 0.2) is 0 Å². The van der Waals surface area contributed by atoms with E-state index in [0.29, 0.717) is 22.7 Å². The van der Waals surface area contributed by atoms with Crippen molar-refractivity contribution in [2.24, 2.45) is 0 Å². The van der Waals surface area contributed by atoms with Crippen molar-refractivity contribution in [3.8, 4) is 11.5 Å². The van der Waals surface area contributed by atoms with Gasteiger partial charge in [-0.2, -0.15) is 0 Å². The van der Waals surface area contributed by atoms with Crippen molar-refractivity contribution in [2.75, 3.05) is 0 Å². The molecule has 0 radical (unpaired) electrons. The zero-order valence-electron chi connectivity index (χ0n) is 14.5. The first-order valence-electron chi connectivity index (χ1n) is 8.57. The number of aryl methyl sites for hydroxylation is 1. The van der Waals surface area contributed by atoms with Crippen LogP contribution in [0.2, 0.25) is 0 Å². The van der Waals surface area contributed by atoms with Gasteiger partial charge in [-0.05, 0) is 31.2 Å². The lowest BCUT2D eigenvalue weighted by Crippen LogP contribution is -2.20. The van der Waals surface area contributed by atoms with Crippen LogP contribution in [0.1, 0.15) is 11.3 Å². The number of rotatable bonds is 3. The highest BCUT2D eigenvalue weighted by molar-refractivity contribution is 6.01. The van der Waals surface area contributed by atoms with Gasteiger partial charge in [-0.1, -0.05) is 29.8 Å². The molecule has 3 heterocycles. The molecular formula is C21H15N3O3. The Balaban J connectivity index is 1.51. The summed E-state index contributed by atoms with van der Waals surface area (Å²) in [4.78, 5) is 21.7. The average molecular weight is 357 g/mol. The van der Waals surface area contributed by atoms with E-state index in [0.717, 1.165) is 10.9 Å². The van der Waals surface area contributed by atoms with Gasteiger partial charge in [-0.3, -0.25) is 9.36 Å². The van der Waals surface area contributed by atoms with E-state index >= 15 is 0 Å². The molecule has 2 aromatic carbocycles. The van der Waals surface area contributed by atoms with E-state index in [1.807, 2.05) is 55.5 Å². The second-order valence-corrected chi connectivity index (χ2v) is 6.46. The minimum absolute atomic E-state index is 0.240. The SMILES string of the molecule is Cc1ccc(-c2nc(Cn3cnc4c(oc5ccccc54)c3=O)co2)cc1. The fourth-order valence-electron chi connectivity index (χ4n) is 3.11. The average Bonchev–Trinajstić information content (AvgIpc) is 3.30. The highest BCUT2D eigenvalue weighted by Gasteiger charge is 2.14. The Hall–Kier alpha value is -3.67. The molecule has 0 aliphatic carbocycles. The number of hydrogen-bond donors (Lipinski definition) is 0. The number of para-hydroxylation sites is 1. The number of hydrogen-bond acceptors (Lipinski definition) is 5. The van der Waals surface area contributed by atoms with E-state index < -0.39 is 0 Å². The Morgan fingerprint density at radius 1 is 1.07 bits per heavy atom. The van der Waals surface area contributed by atoms with Crippen LogP contribution in [0.4, 0.5) is 0 Å². The van der Waals surface area contributed by atoms with Gasteiger partial charge in [0, 0.05) is 10.9 Å². The van der Waals surface area contributed by atoms with Gasteiger partial charge >= 0.3 is 0 Å². The van der Waals surface area contributed by atoms with E-state index in [9.17, 15) is 4.79 Å². The molecule has 0 atom stereocenters. The van der Waals surface area contributed by atoms with Gasteiger partial charge in [0.2, 0.25) is 11.5 Å². The van der Waals surface area contributed by atoms with Gasteiger partial charge < -0.3 is 8.83 Å². The van der Waals surface area contributed by atoms with Crippen LogP contribution in [0.5, 0.6) is 0 Å². The number of aromatic nitrogens is 3. The van der Waals surface area contributed by atoms with Gasteiger partial charge in [0.05, 0.1) is 18.6 Å². The second kappa shape index (κ2) is 5.95. The molecule has 0 saturated heterocycles. The summed E-state index contributed by atoms with van der Waals surface area (Å²) in [5, 5.41) is 0.833. The van der Waals surface area contributed by atoms with E-state index in [1.165, 1.54) is 16.5 Å².